The number of para-hydroxylation sites is 2. The first-order chi connectivity index (χ1) is 14.2. The average Bonchev–Trinajstić information content (AvgIpc) is 3.45. The highest BCUT2D eigenvalue weighted by Gasteiger charge is 2.43. The number of anilines is 1. The fourth-order valence-corrected chi connectivity index (χ4v) is 6.03. The van der Waals surface area contributed by atoms with Crippen molar-refractivity contribution in [1.29, 1.82) is 5.26 Å². The predicted molar refractivity (Wildman–Crippen MR) is 118 cm³/mol. The van der Waals surface area contributed by atoms with Gasteiger partial charge in [-0.25, -0.2) is 4.98 Å². The second kappa shape index (κ2) is 6.88. The molecule has 1 saturated heterocycles. The van der Waals surface area contributed by atoms with Crippen LogP contribution in [0.3, 0.4) is 0 Å². The van der Waals surface area contributed by atoms with Crippen LogP contribution in [-0.4, -0.2) is 28.4 Å². The Kier molecular flexibility index (Phi) is 4.41. The van der Waals surface area contributed by atoms with Crippen LogP contribution in [0.1, 0.15) is 60.6 Å². The molecule has 2 fully saturated rings. The van der Waals surface area contributed by atoms with Crippen molar-refractivity contribution in [2.45, 2.75) is 43.9 Å². The fraction of sp³-hybridized carbons (Fsp3) is 0.435. The van der Waals surface area contributed by atoms with E-state index < -0.39 is 0 Å². The molecule has 1 aliphatic heterocycles. The Morgan fingerprint density at radius 2 is 1.80 bits per heavy atom. The molecule has 3 aliphatic rings. The average molecular weight is 422 g/mol. The van der Waals surface area contributed by atoms with Crippen molar-refractivity contribution in [3.05, 3.63) is 41.0 Å². The van der Waals surface area contributed by atoms with Crippen LogP contribution in [0.25, 0.3) is 16.7 Å². The number of piperidine rings is 1. The van der Waals surface area contributed by atoms with Crippen LogP contribution < -0.4 is 10.6 Å². The van der Waals surface area contributed by atoms with Crippen LogP contribution in [0, 0.1) is 17.2 Å². The normalized spacial score (nSPS) is 22.8. The van der Waals surface area contributed by atoms with E-state index >= 15 is 0 Å². The summed E-state index contributed by atoms with van der Waals surface area (Å²) in [6.45, 7) is 1.62. The third kappa shape index (κ3) is 2.48. The summed E-state index contributed by atoms with van der Waals surface area (Å²) in [7, 11) is 0. The van der Waals surface area contributed by atoms with Crippen LogP contribution in [-0.2, 0) is 4.79 Å². The van der Waals surface area contributed by atoms with Gasteiger partial charge in [-0.1, -0.05) is 12.1 Å². The van der Waals surface area contributed by atoms with Gasteiger partial charge in [-0.3, -0.25) is 9.20 Å². The number of halogens is 1. The van der Waals surface area contributed by atoms with Gasteiger partial charge in [-0.15, -0.1) is 12.4 Å². The molecule has 1 saturated carbocycles. The van der Waals surface area contributed by atoms with Crippen LogP contribution in [0.15, 0.2) is 24.3 Å². The van der Waals surface area contributed by atoms with Gasteiger partial charge >= 0.3 is 0 Å². The number of primary amides is 1. The summed E-state index contributed by atoms with van der Waals surface area (Å²) in [4.78, 5) is 19.0. The van der Waals surface area contributed by atoms with Crippen molar-refractivity contribution in [1.82, 2.24) is 9.38 Å². The molecule has 6 rings (SSSR count). The zero-order valence-corrected chi connectivity index (χ0v) is 17.5. The van der Waals surface area contributed by atoms with E-state index in [0.29, 0.717) is 11.8 Å². The summed E-state index contributed by atoms with van der Waals surface area (Å²) in [6, 6.07) is 10.6. The molecule has 2 unspecified atom stereocenters. The number of benzene rings is 1. The minimum absolute atomic E-state index is 0. The minimum atomic E-state index is -0.188. The number of amides is 1. The smallest absolute Gasteiger partial charge is 0.220 e. The van der Waals surface area contributed by atoms with Crippen molar-refractivity contribution in [3.63, 3.8) is 0 Å². The summed E-state index contributed by atoms with van der Waals surface area (Å²) in [5.41, 5.74) is 11.7. The van der Waals surface area contributed by atoms with Crippen molar-refractivity contribution in [2.75, 3.05) is 18.0 Å². The Labute approximate surface area is 181 Å². The lowest BCUT2D eigenvalue weighted by atomic mass is 9.88. The Balaban J connectivity index is 0.00000193. The van der Waals surface area contributed by atoms with Gasteiger partial charge in [-0.2, -0.15) is 5.26 Å². The van der Waals surface area contributed by atoms with Gasteiger partial charge in [0.1, 0.15) is 11.9 Å². The second-order valence-corrected chi connectivity index (χ2v) is 8.77. The van der Waals surface area contributed by atoms with Crippen molar-refractivity contribution < 1.29 is 4.79 Å². The third-order valence-electron chi connectivity index (χ3n) is 7.35. The molecule has 1 aromatic carbocycles. The topological polar surface area (TPSA) is 87.4 Å². The number of pyridine rings is 1. The van der Waals surface area contributed by atoms with Crippen LogP contribution in [0.4, 0.5) is 5.82 Å². The van der Waals surface area contributed by atoms with E-state index in [1.807, 2.05) is 18.2 Å². The number of carbonyl (C=O) groups excluding carboxylic acids is 1. The Morgan fingerprint density at radius 3 is 2.50 bits per heavy atom. The molecular weight excluding hydrogens is 398 g/mol. The predicted octanol–water partition coefficient (Wildman–Crippen LogP) is 3.85. The van der Waals surface area contributed by atoms with Crippen molar-refractivity contribution in [2.24, 2.45) is 11.7 Å². The highest BCUT2D eigenvalue weighted by atomic mass is 35.5. The summed E-state index contributed by atoms with van der Waals surface area (Å²) in [6.07, 6.45) is 5.09. The molecule has 0 radical (unpaired) electrons. The number of nitrogens with two attached hydrogens (primary N) is 1. The van der Waals surface area contributed by atoms with E-state index in [0.717, 1.165) is 54.6 Å². The number of rotatable bonds is 2. The van der Waals surface area contributed by atoms with E-state index in [2.05, 4.69) is 21.4 Å². The summed E-state index contributed by atoms with van der Waals surface area (Å²) < 4.78 is 2.22. The number of fused-ring (bicyclic) bond motifs is 8. The first kappa shape index (κ1) is 19.2. The quantitative estimate of drug-likeness (QED) is 0.680. The Morgan fingerprint density at radius 1 is 1.10 bits per heavy atom. The minimum Gasteiger partial charge on any atom is -0.369 e. The molecule has 7 heteroatoms. The molecule has 2 aromatic heterocycles. The molecule has 1 amide bonds. The van der Waals surface area contributed by atoms with E-state index in [1.54, 1.807) is 0 Å². The van der Waals surface area contributed by atoms with E-state index in [1.165, 1.54) is 29.8 Å². The molecule has 3 aromatic rings. The number of nitriles is 1. The molecule has 2 bridgehead atoms. The third-order valence-corrected chi connectivity index (χ3v) is 7.35. The number of nitrogens with zero attached hydrogens (tertiary/aromatic N) is 4. The summed E-state index contributed by atoms with van der Waals surface area (Å²) >= 11 is 0. The lowest BCUT2D eigenvalue weighted by Gasteiger charge is -2.36. The van der Waals surface area contributed by atoms with Crippen LogP contribution >= 0.6 is 12.4 Å². The lowest BCUT2D eigenvalue weighted by Crippen LogP contribution is -2.40. The maximum Gasteiger partial charge on any atom is 0.220 e. The number of hydrogen-bond donors (Lipinski definition) is 1. The first-order valence-electron chi connectivity index (χ1n) is 10.6. The van der Waals surface area contributed by atoms with E-state index in [-0.39, 0.29) is 24.2 Å². The molecule has 6 nitrogen and oxygen atoms in total. The van der Waals surface area contributed by atoms with Crippen LogP contribution in [0.5, 0.6) is 0 Å². The van der Waals surface area contributed by atoms with E-state index in [4.69, 9.17) is 10.7 Å². The Bertz CT molecular complexity index is 1220. The van der Waals surface area contributed by atoms with Crippen molar-refractivity contribution in [3.8, 4) is 6.07 Å². The summed E-state index contributed by atoms with van der Waals surface area (Å²) in [5, 5.41) is 10.1. The first-order valence-corrected chi connectivity index (χ1v) is 10.6. The summed E-state index contributed by atoms with van der Waals surface area (Å²) in [5.74, 6) is 1.99. The molecule has 154 valence electrons. The lowest BCUT2D eigenvalue weighted by molar-refractivity contribution is -0.122. The molecular formula is C23H24ClN5O. The van der Waals surface area contributed by atoms with Gasteiger partial charge in [0.15, 0.2) is 5.65 Å². The highest BCUT2D eigenvalue weighted by molar-refractivity contribution is 5.87. The number of imidazole rings is 1. The van der Waals surface area contributed by atoms with Gasteiger partial charge in [0.2, 0.25) is 5.91 Å². The standard InChI is InChI=1S/C23H23N5O.ClH/c24-12-16-19-14-5-6-15(11-14)20(19)23(27-9-7-13(8-10-27)21(25)29)28-18-4-2-1-3-17(18)26-22(16)28;/h1-4,13-15H,5-11H2,(H2,25,29);1H. The molecule has 2 aliphatic carbocycles. The molecule has 30 heavy (non-hydrogen) atoms. The van der Waals surface area contributed by atoms with Gasteiger partial charge in [0, 0.05) is 24.6 Å². The number of aromatic nitrogens is 2. The molecule has 3 heterocycles. The monoisotopic (exact) mass is 421 g/mol. The van der Waals surface area contributed by atoms with Crippen LogP contribution in [0.2, 0.25) is 0 Å². The number of carbonyl (C=O) groups is 1. The van der Waals surface area contributed by atoms with Gasteiger partial charge in [0.25, 0.3) is 0 Å². The Hall–Kier alpha value is -2.78. The largest absolute Gasteiger partial charge is 0.369 e. The second-order valence-electron chi connectivity index (χ2n) is 8.77. The zero-order valence-electron chi connectivity index (χ0n) is 16.7. The SMILES string of the molecule is Cl.N#Cc1c2c(c(N3CCC(C(N)=O)CC3)n3c1nc1ccccc13)C1CCC2C1. The van der Waals surface area contributed by atoms with Gasteiger partial charge < -0.3 is 10.6 Å². The van der Waals surface area contributed by atoms with Gasteiger partial charge in [-0.05, 0) is 61.6 Å². The molecule has 0 spiro atoms. The molecule has 2 atom stereocenters. The fourth-order valence-electron chi connectivity index (χ4n) is 6.03. The highest BCUT2D eigenvalue weighted by Crippen LogP contribution is 2.57. The van der Waals surface area contributed by atoms with Gasteiger partial charge in [0.05, 0.1) is 16.6 Å². The zero-order chi connectivity index (χ0) is 19.7. The maximum atomic E-state index is 11.7. The maximum absolute atomic E-state index is 11.7. The van der Waals surface area contributed by atoms with E-state index in [9.17, 15) is 10.1 Å². The van der Waals surface area contributed by atoms with Crippen molar-refractivity contribution >= 4 is 40.8 Å². The molecule has 2 N–H and O–H groups in total. The number of hydrogen-bond acceptors (Lipinski definition) is 4.